The number of phenols is 1. The van der Waals surface area contributed by atoms with E-state index in [1.807, 2.05) is 0 Å². The summed E-state index contributed by atoms with van der Waals surface area (Å²) in [6.45, 7) is 1.76. The number of nitrogens with zero attached hydrogens (tertiary/aromatic N) is 2. The van der Waals surface area contributed by atoms with Crippen molar-refractivity contribution in [2.75, 3.05) is 0 Å². The second-order valence-electron chi connectivity index (χ2n) is 3.67. The van der Waals surface area contributed by atoms with Crippen molar-refractivity contribution in [2.24, 2.45) is 10.2 Å². The summed E-state index contributed by atoms with van der Waals surface area (Å²) in [5.41, 5.74) is 1.18. The standard InChI is InChI=1S/C13H11FN2O.2ClH.Ti/c1-9-5-4-8-12(13(9)17)16-15-11-7-3-2-6-10(11)14;;;/h2-8,17H,1H3;2*1H;/q;;;+2/p-2. The molecule has 20 heavy (non-hydrogen) atoms. The zero-order chi connectivity index (χ0) is 15.0. The Labute approximate surface area is 133 Å². The number of benzene rings is 2. The van der Waals surface area contributed by atoms with Crippen LogP contribution in [-0.4, -0.2) is 5.11 Å². The van der Waals surface area contributed by atoms with Gasteiger partial charge in [-0.05, 0) is 30.7 Å². The van der Waals surface area contributed by atoms with E-state index in [0.717, 1.165) is 0 Å². The van der Waals surface area contributed by atoms with Crippen LogP contribution in [0.1, 0.15) is 5.56 Å². The monoisotopic (exact) mass is 348 g/mol. The Hall–Kier alpha value is -0.936. The summed E-state index contributed by atoms with van der Waals surface area (Å²) in [5, 5.41) is 17.3. The van der Waals surface area contributed by atoms with E-state index in [1.165, 1.54) is 12.1 Å². The van der Waals surface area contributed by atoms with Gasteiger partial charge in [-0.15, -0.1) is 10.2 Å². The summed E-state index contributed by atoms with van der Waals surface area (Å²) in [7, 11) is 9.78. The van der Waals surface area contributed by atoms with Crippen LogP contribution in [0, 0.1) is 12.7 Å². The molecule has 104 valence electrons. The molecule has 0 saturated carbocycles. The number of rotatable bonds is 2. The van der Waals surface area contributed by atoms with Crippen LogP contribution in [0.2, 0.25) is 0 Å². The van der Waals surface area contributed by atoms with Crippen molar-refractivity contribution in [1.82, 2.24) is 0 Å². The fourth-order valence-corrected chi connectivity index (χ4v) is 1.36. The van der Waals surface area contributed by atoms with Gasteiger partial charge in [0.15, 0.2) is 5.82 Å². The SMILES string of the molecule is Cc1cccc(N=Nc2ccccc2F)c1O.[Cl][Ti][Cl]. The Morgan fingerprint density at radius 3 is 2.20 bits per heavy atom. The van der Waals surface area contributed by atoms with Crippen LogP contribution in [0.25, 0.3) is 0 Å². The molecule has 0 radical (unpaired) electrons. The number of phenolic OH excluding ortho intramolecular Hbond substituents is 1. The Morgan fingerprint density at radius 2 is 1.55 bits per heavy atom. The van der Waals surface area contributed by atoms with E-state index in [9.17, 15) is 9.50 Å². The maximum atomic E-state index is 13.3. The number of azo groups is 1. The van der Waals surface area contributed by atoms with Crippen molar-refractivity contribution in [3.05, 3.63) is 53.8 Å². The van der Waals surface area contributed by atoms with Crippen molar-refractivity contribution in [3.8, 4) is 5.75 Å². The summed E-state index contributed by atoms with van der Waals surface area (Å²) in [4.78, 5) is 0. The number of hydrogen-bond acceptors (Lipinski definition) is 3. The zero-order valence-electron chi connectivity index (χ0n) is 10.5. The van der Waals surface area contributed by atoms with Crippen LogP contribution in [0.5, 0.6) is 5.75 Å². The predicted octanol–water partition coefficient (Wildman–Crippen LogP) is 5.63. The topological polar surface area (TPSA) is 45.0 Å². The number of halogens is 3. The summed E-state index contributed by atoms with van der Waals surface area (Å²) >= 11 is -0.556. The molecule has 2 aromatic rings. The van der Waals surface area contributed by atoms with E-state index in [2.05, 4.69) is 10.2 Å². The Morgan fingerprint density at radius 1 is 1.00 bits per heavy atom. The average molecular weight is 349 g/mol. The first-order valence-corrected chi connectivity index (χ1v) is 9.81. The molecule has 0 aliphatic rings. The van der Waals surface area contributed by atoms with Crippen LogP contribution < -0.4 is 0 Å². The minimum atomic E-state index is -0.556. The fraction of sp³-hybridized carbons (Fsp3) is 0.0769. The molecule has 1 N–H and O–H groups in total. The van der Waals surface area contributed by atoms with Gasteiger partial charge in [0.25, 0.3) is 0 Å². The number of aryl methyl sites for hydroxylation is 1. The molecule has 2 aromatic carbocycles. The van der Waals surface area contributed by atoms with Gasteiger partial charge in [-0.3, -0.25) is 0 Å². The van der Waals surface area contributed by atoms with Crippen LogP contribution in [0.3, 0.4) is 0 Å². The molecule has 0 amide bonds. The molecular weight excluding hydrogens is 338 g/mol. The molecule has 0 fully saturated rings. The molecule has 0 aliphatic carbocycles. The van der Waals surface area contributed by atoms with Gasteiger partial charge in [0.1, 0.15) is 17.1 Å². The third-order valence-electron chi connectivity index (χ3n) is 2.33. The third-order valence-corrected chi connectivity index (χ3v) is 2.33. The van der Waals surface area contributed by atoms with Crippen molar-refractivity contribution in [2.45, 2.75) is 6.92 Å². The van der Waals surface area contributed by atoms with E-state index in [1.54, 1.807) is 37.3 Å². The van der Waals surface area contributed by atoms with Gasteiger partial charge in [0.05, 0.1) is 0 Å². The number of aromatic hydroxyl groups is 1. The quantitative estimate of drug-likeness (QED) is 0.554. The molecule has 0 aliphatic heterocycles. The summed E-state index contributed by atoms with van der Waals surface area (Å²) in [6.07, 6.45) is 0. The van der Waals surface area contributed by atoms with Crippen molar-refractivity contribution >= 4 is 30.0 Å². The van der Waals surface area contributed by atoms with Crippen LogP contribution in [0.15, 0.2) is 52.7 Å². The maximum absolute atomic E-state index is 13.3. The minimum absolute atomic E-state index is 0.0626. The number of hydrogen-bond donors (Lipinski definition) is 1. The first kappa shape index (κ1) is 17.1. The molecular formula is C13H11Cl2FN2OTi. The predicted molar refractivity (Wildman–Crippen MR) is 75.1 cm³/mol. The average Bonchev–Trinajstić information content (AvgIpc) is 2.43. The molecule has 0 spiro atoms. The van der Waals surface area contributed by atoms with Gasteiger partial charge in [0.2, 0.25) is 0 Å². The Balaban J connectivity index is 0.000000612. The Bertz CT molecular complexity index is 596. The van der Waals surface area contributed by atoms with E-state index in [4.69, 9.17) is 18.6 Å². The summed E-state index contributed by atoms with van der Waals surface area (Å²) in [5.74, 6) is -0.379. The molecule has 0 atom stereocenters. The second-order valence-corrected chi connectivity index (χ2v) is 6.24. The first-order valence-electron chi connectivity index (χ1n) is 5.51. The molecule has 0 heterocycles. The molecule has 0 saturated heterocycles. The molecule has 0 aromatic heterocycles. The molecule has 0 unspecified atom stereocenters. The number of para-hydroxylation sites is 1. The van der Waals surface area contributed by atoms with Gasteiger partial charge in [-0.2, -0.15) is 0 Å². The zero-order valence-corrected chi connectivity index (χ0v) is 13.6. The Kier molecular flexibility index (Phi) is 7.77. The second kappa shape index (κ2) is 9.08. The summed E-state index contributed by atoms with van der Waals surface area (Å²) in [6, 6.07) is 11.2. The van der Waals surface area contributed by atoms with Gasteiger partial charge in [-0.1, -0.05) is 24.3 Å². The van der Waals surface area contributed by atoms with E-state index >= 15 is 0 Å². The normalized spacial score (nSPS) is 10.0. The molecule has 0 bridgehead atoms. The fourth-order valence-electron chi connectivity index (χ4n) is 1.36. The van der Waals surface area contributed by atoms with Gasteiger partial charge in [0, 0.05) is 0 Å². The van der Waals surface area contributed by atoms with Crippen LogP contribution >= 0.6 is 18.6 Å². The van der Waals surface area contributed by atoms with Gasteiger partial charge < -0.3 is 5.11 Å². The first-order chi connectivity index (χ1) is 9.60. The van der Waals surface area contributed by atoms with Gasteiger partial charge in [-0.25, -0.2) is 4.39 Å². The van der Waals surface area contributed by atoms with E-state index in [-0.39, 0.29) is 11.4 Å². The van der Waals surface area contributed by atoms with Crippen molar-refractivity contribution < 1.29 is 26.5 Å². The summed E-state index contributed by atoms with van der Waals surface area (Å²) < 4.78 is 13.3. The van der Waals surface area contributed by atoms with E-state index in [0.29, 0.717) is 11.3 Å². The third kappa shape index (κ3) is 5.21. The van der Waals surface area contributed by atoms with Gasteiger partial charge >= 0.3 is 35.6 Å². The van der Waals surface area contributed by atoms with Crippen LogP contribution in [-0.2, 0) is 17.0 Å². The molecule has 3 nitrogen and oxygen atoms in total. The van der Waals surface area contributed by atoms with E-state index < -0.39 is 22.8 Å². The van der Waals surface area contributed by atoms with Crippen molar-refractivity contribution in [1.29, 1.82) is 0 Å². The molecule has 2 rings (SSSR count). The molecule has 7 heteroatoms. The van der Waals surface area contributed by atoms with Crippen LogP contribution in [0.4, 0.5) is 15.8 Å². The van der Waals surface area contributed by atoms with Crippen molar-refractivity contribution in [3.63, 3.8) is 0 Å².